The van der Waals surface area contributed by atoms with Crippen molar-refractivity contribution in [3.05, 3.63) is 59.2 Å². The Bertz CT molecular complexity index is 797. The molecule has 0 saturated carbocycles. The van der Waals surface area contributed by atoms with E-state index in [0.717, 1.165) is 24.8 Å². The Hall–Kier alpha value is -2.62. The van der Waals surface area contributed by atoms with Gasteiger partial charge in [-0.2, -0.15) is 0 Å². The van der Waals surface area contributed by atoms with Crippen LogP contribution in [0.15, 0.2) is 42.5 Å². The number of ketones is 1. The van der Waals surface area contributed by atoms with Gasteiger partial charge in [0.05, 0.1) is 0 Å². The van der Waals surface area contributed by atoms with Crippen molar-refractivity contribution in [2.45, 2.75) is 45.1 Å². The van der Waals surface area contributed by atoms with E-state index < -0.39 is 12.0 Å². The predicted octanol–water partition coefficient (Wildman–Crippen LogP) is 4.30. The molecule has 2 aromatic rings. The fourth-order valence-corrected chi connectivity index (χ4v) is 3.50. The van der Waals surface area contributed by atoms with Gasteiger partial charge in [0, 0.05) is 0 Å². The molecule has 4 nitrogen and oxygen atoms in total. The number of rotatable bonds is 6. The highest BCUT2D eigenvalue weighted by atomic mass is 16.5. The highest BCUT2D eigenvalue weighted by molar-refractivity contribution is 6.10. The molecule has 26 heavy (non-hydrogen) atoms. The molecule has 4 heteroatoms. The normalized spacial score (nSPS) is 20.2. The fourth-order valence-electron chi connectivity index (χ4n) is 3.50. The number of aryl methyl sites for hydroxylation is 1. The lowest BCUT2D eigenvalue weighted by Crippen LogP contribution is -2.36. The van der Waals surface area contributed by atoms with Crippen molar-refractivity contribution in [2.75, 3.05) is 0 Å². The minimum Gasteiger partial charge on any atom is -0.507 e. The number of fused-ring (bicyclic) bond motifs is 1. The minimum absolute atomic E-state index is 0.101. The van der Waals surface area contributed by atoms with E-state index in [-0.39, 0.29) is 23.0 Å². The first-order valence-electron chi connectivity index (χ1n) is 9.08. The van der Waals surface area contributed by atoms with Gasteiger partial charge < -0.3 is 14.6 Å². The average Bonchev–Trinajstić information content (AvgIpc) is 2.62. The standard InChI is InChI=1S/C22H24O4/c1-14(7-6-10-16-8-4-3-5-9-16)17-11-19(24)21-20(12-17)26-15(2)18(13-23)22(21)25/h3-5,8-9,11-15,18,24H,6-7,10H2,1-2H3. The third kappa shape index (κ3) is 3.64. The first-order valence-corrected chi connectivity index (χ1v) is 9.08. The topological polar surface area (TPSA) is 63.6 Å². The zero-order chi connectivity index (χ0) is 18.7. The van der Waals surface area contributed by atoms with Crippen LogP contribution in [0.4, 0.5) is 0 Å². The molecule has 0 amide bonds. The molecule has 2 aromatic carbocycles. The van der Waals surface area contributed by atoms with Crippen LogP contribution < -0.4 is 4.74 Å². The van der Waals surface area contributed by atoms with Gasteiger partial charge in [0.25, 0.3) is 0 Å². The molecule has 0 spiro atoms. The van der Waals surface area contributed by atoms with E-state index in [0.29, 0.717) is 12.0 Å². The SMILES string of the molecule is CC(CCCc1ccccc1)c1cc(O)c2c(c1)OC(C)C(C=O)C2=O. The van der Waals surface area contributed by atoms with Gasteiger partial charge in [0.2, 0.25) is 0 Å². The predicted molar refractivity (Wildman–Crippen MR) is 99.9 cm³/mol. The summed E-state index contributed by atoms with van der Waals surface area (Å²) in [4.78, 5) is 23.5. The molecule has 0 aromatic heterocycles. The van der Waals surface area contributed by atoms with Crippen LogP contribution in [-0.4, -0.2) is 23.3 Å². The highest BCUT2D eigenvalue weighted by Crippen LogP contribution is 2.39. The Morgan fingerprint density at radius 2 is 1.96 bits per heavy atom. The summed E-state index contributed by atoms with van der Waals surface area (Å²) >= 11 is 0. The minimum atomic E-state index is -0.859. The third-order valence-corrected chi connectivity index (χ3v) is 5.13. The van der Waals surface area contributed by atoms with Crippen LogP contribution in [0.5, 0.6) is 11.5 Å². The number of ether oxygens (including phenoxy) is 1. The molecule has 3 rings (SSSR count). The number of carbonyl (C=O) groups excluding carboxylic acids is 2. The lowest BCUT2D eigenvalue weighted by Gasteiger charge is -2.28. The molecule has 3 atom stereocenters. The van der Waals surface area contributed by atoms with Crippen LogP contribution in [0.2, 0.25) is 0 Å². The van der Waals surface area contributed by atoms with E-state index >= 15 is 0 Å². The summed E-state index contributed by atoms with van der Waals surface area (Å²) in [6.45, 7) is 3.81. The molecular formula is C22H24O4. The Balaban J connectivity index is 1.73. The number of hydrogen-bond donors (Lipinski definition) is 1. The second-order valence-corrected chi connectivity index (χ2v) is 7.04. The number of phenols is 1. The van der Waals surface area contributed by atoms with E-state index in [4.69, 9.17) is 4.74 Å². The summed E-state index contributed by atoms with van der Waals surface area (Å²) in [7, 11) is 0. The smallest absolute Gasteiger partial charge is 0.184 e. The maximum absolute atomic E-state index is 12.4. The van der Waals surface area contributed by atoms with Crippen LogP contribution in [0.25, 0.3) is 0 Å². The molecule has 1 heterocycles. The number of aldehydes is 1. The van der Waals surface area contributed by atoms with Crippen LogP contribution >= 0.6 is 0 Å². The second-order valence-electron chi connectivity index (χ2n) is 7.04. The summed E-state index contributed by atoms with van der Waals surface area (Å²) in [5.41, 5.74) is 2.38. The molecule has 1 aliphatic heterocycles. The molecular weight excluding hydrogens is 328 g/mol. The van der Waals surface area contributed by atoms with E-state index in [2.05, 4.69) is 19.1 Å². The summed E-state index contributed by atoms with van der Waals surface area (Å²) in [6, 6.07) is 13.8. The monoisotopic (exact) mass is 352 g/mol. The number of benzene rings is 2. The molecule has 0 radical (unpaired) electrons. The summed E-state index contributed by atoms with van der Waals surface area (Å²) in [5.74, 6) is -0.716. The van der Waals surface area contributed by atoms with Gasteiger partial charge in [-0.05, 0) is 55.4 Å². The Kier molecular flexibility index (Phi) is 5.40. The van der Waals surface area contributed by atoms with Crippen molar-refractivity contribution < 1.29 is 19.4 Å². The van der Waals surface area contributed by atoms with Gasteiger partial charge in [0.15, 0.2) is 5.78 Å². The van der Waals surface area contributed by atoms with Crippen molar-refractivity contribution in [2.24, 2.45) is 5.92 Å². The van der Waals surface area contributed by atoms with Crippen molar-refractivity contribution >= 4 is 12.1 Å². The third-order valence-electron chi connectivity index (χ3n) is 5.13. The lowest BCUT2D eigenvalue weighted by molar-refractivity contribution is -0.112. The number of carbonyl (C=O) groups is 2. The number of hydrogen-bond acceptors (Lipinski definition) is 4. The quantitative estimate of drug-likeness (QED) is 0.622. The Labute approximate surface area is 153 Å². The Morgan fingerprint density at radius 1 is 1.23 bits per heavy atom. The first-order chi connectivity index (χ1) is 12.5. The highest BCUT2D eigenvalue weighted by Gasteiger charge is 2.36. The Morgan fingerprint density at radius 3 is 2.65 bits per heavy atom. The van der Waals surface area contributed by atoms with Gasteiger partial charge in [-0.25, -0.2) is 0 Å². The number of Topliss-reactive ketones (excluding diaryl/α,β-unsaturated/α-hetero) is 1. The van der Waals surface area contributed by atoms with Crippen molar-refractivity contribution in [3.8, 4) is 11.5 Å². The van der Waals surface area contributed by atoms with Gasteiger partial charge in [-0.15, -0.1) is 0 Å². The van der Waals surface area contributed by atoms with E-state index in [1.54, 1.807) is 13.0 Å². The maximum Gasteiger partial charge on any atom is 0.184 e. The summed E-state index contributed by atoms with van der Waals surface area (Å²) in [5, 5.41) is 10.3. The lowest BCUT2D eigenvalue weighted by atomic mass is 9.87. The van der Waals surface area contributed by atoms with E-state index in [1.807, 2.05) is 24.3 Å². The molecule has 0 bridgehead atoms. The van der Waals surface area contributed by atoms with Crippen LogP contribution in [0.1, 0.15) is 54.1 Å². The van der Waals surface area contributed by atoms with Crippen molar-refractivity contribution in [3.63, 3.8) is 0 Å². The summed E-state index contributed by atoms with van der Waals surface area (Å²) < 4.78 is 5.74. The van der Waals surface area contributed by atoms with Crippen molar-refractivity contribution in [1.82, 2.24) is 0 Å². The van der Waals surface area contributed by atoms with Crippen LogP contribution in [0.3, 0.4) is 0 Å². The molecule has 0 aliphatic carbocycles. The van der Waals surface area contributed by atoms with Gasteiger partial charge in [0.1, 0.15) is 35.4 Å². The average molecular weight is 352 g/mol. The largest absolute Gasteiger partial charge is 0.507 e. The number of phenolic OH excluding ortho intramolecular Hbond substituents is 1. The fraction of sp³-hybridized carbons (Fsp3) is 0.364. The molecule has 136 valence electrons. The molecule has 0 saturated heterocycles. The molecule has 1 N–H and O–H groups in total. The maximum atomic E-state index is 12.4. The van der Waals surface area contributed by atoms with Gasteiger partial charge >= 0.3 is 0 Å². The van der Waals surface area contributed by atoms with Gasteiger partial charge in [-0.1, -0.05) is 37.3 Å². The first kappa shape index (κ1) is 18.2. The van der Waals surface area contributed by atoms with Gasteiger partial charge in [-0.3, -0.25) is 4.79 Å². The number of aromatic hydroxyl groups is 1. The zero-order valence-electron chi connectivity index (χ0n) is 15.1. The molecule has 0 fully saturated rings. The summed E-state index contributed by atoms with van der Waals surface area (Å²) in [6.07, 6.45) is 3.08. The molecule has 3 unspecified atom stereocenters. The van der Waals surface area contributed by atoms with E-state index in [1.165, 1.54) is 5.56 Å². The molecule has 1 aliphatic rings. The zero-order valence-corrected chi connectivity index (χ0v) is 15.1. The second kappa shape index (κ2) is 7.73. The van der Waals surface area contributed by atoms with E-state index in [9.17, 15) is 14.7 Å². The van der Waals surface area contributed by atoms with Crippen LogP contribution in [-0.2, 0) is 11.2 Å². The van der Waals surface area contributed by atoms with Crippen LogP contribution in [0, 0.1) is 5.92 Å². The van der Waals surface area contributed by atoms with Crippen molar-refractivity contribution in [1.29, 1.82) is 0 Å².